The molecule has 5 heteroatoms. The largest absolute Gasteiger partial charge is 0.497 e. The van der Waals surface area contributed by atoms with Crippen molar-refractivity contribution in [2.45, 2.75) is 32.7 Å². The molecule has 0 atom stereocenters. The van der Waals surface area contributed by atoms with Crippen LogP contribution in [0.25, 0.3) is 0 Å². The lowest BCUT2D eigenvalue weighted by Gasteiger charge is -2.15. The van der Waals surface area contributed by atoms with Crippen LogP contribution in [-0.4, -0.2) is 25.7 Å². The Hall–Kier alpha value is -1.91. The normalized spacial score (nSPS) is 10.3. The highest BCUT2D eigenvalue weighted by atomic mass is 16.5. The van der Waals surface area contributed by atoms with Gasteiger partial charge in [0.2, 0.25) is 0 Å². The molecule has 19 heavy (non-hydrogen) atoms. The van der Waals surface area contributed by atoms with E-state index in [2.05, 4.69) is 5.32 Å². The van der Waals surface area contributed by atoms with E-state index in [0.29, 0.717) is 17.2 Å². The van der Waals surface area contributed by atoms with Crippen LogP contribution in [0.2, 0.25) is 0 Å². The SMILES string of the molecule is CCC(CC)NC(=O)COc1cc(OC)ccc1N. The molecule has 0 aliphatic carbocycles. The van der Waals surface area contributed by atoms with Gasteiger partial charge in [-0.3, -0.25) is 4.79 Å². The third kappa shape index (κ3) is 4.69. The van der Waals surface area contributed by atoms with E-state index in [9.17, 15) is 4.79 Å². The molecule has 1 aromatic rings. The van der Waals surface area contributed by atoms with Crippen LogP contribution in [-0.2, 0) is 4.79 Å². The fourth-order valence-electron chi connectivity index (χ4n) is 1.67. The predicted molar refractivity (Wildman–Crippen MR) is 75.4 cm³/mol. The van der Waals surface area contributed by atoms with Crippen molar-refractivity contribution >= 4 is 11.6 Å². The minimum Gasteiger partial charge on any atom is -0.497 e. The van der Waals surface area contributed by atoms with E-state index in [-0.39, 0.29) is 18.6 Å². The van der Waals surface area contributed by atoms with E-state index >= 15 is 0 Å². The minimum absolute atomic E-state index is 0.0478. The highest BCUT2D eigenvalue weighted by Crippen LogP contribution is 2.26. The zero-order chi connectivity index (χ0) is 14.3. The van der Waals surface area contributed by atoms with Crippen molar-refractivity contribution in [2.24, 2.45) is 0 Å². The predicted octanol–water partition coefficient (Wildman–Crippen LogP) is 1.96. The van der Waals surface area contributed by atoms with Gasteiger partial charge < -0.3 is 20.5 Å². The second-order valence-electron chi connectivity index (χ2n) is 4.27. The monoisotopic (exact) mass is 266 g/mol. The summed E-state index contributed by atoms with van der Waals surface area (Å²) in [5.74, 6) is 0.958. The Bertz CT molecular complexity index is 417. The number of nitrogen functional groups attached to an aromatic ring is 1. The fraction of sp³-hybridized carbons (Fsp3) is 0.500. The van der Waals surface area contributed by atoms with Crippen LogP contribution in [0.15, 0.2) is 18.2 Å². The zero-order valence-corrected chi connectivity index (χ0v) is 11.7. The molecule has 0 bridgehead atoms. The number of anilines is 1. The number of carbonyl (C=O) groups is 1. The van der Waals surface area contributed by atoms with Crippen molar-refractivity contribution in [3.8, 4) is 11.5 Å². The van der Waals surface area contributed by atoms with Crippen molar-refractivity contribution in [3.05, 3.63) is 18.2 Å². The first kappa shape index (κ1) is 15.1. The fourth-order valence-corrected chi connectivity index (χ4v) is 1.67. The van der Waals surface area contributed by atoms with Gasteiger partial charge in [-0.15, -0.1) is 0 Å². The van der Waals surface area contributed by atoms with Crippen LogP contribution in [0, 0.1) is 0 Å². The molecule has 0 unspecified atom stereocenters. The molecule has 0 saturated carbocycles. The third-order valence-corrected chi connectivity index (χ3v) is 2.93. The summed E-state index contributed by atoms with van der Waals surface area (Å²) >= 11 is 0. The lowest BCUT2D eigenvalue weighted by Crippen LogP contribution is -2.37. The van der Waals surface area contributed by atoms with Crippen LogP contribution in [0.4, 0.5) is 5.69 Å². The van der Waals surface area contributed by atoms with Gasteiger partial charge in [-0.2, -0.15) is 0 Å². The second kappa shape index (κ2) is 7.51. The van der Waals surface area contributed by atoms with Crippen molar-refractivity contribution in [1.82, 2.24) is 5.32 Å². The molecular formula is C14H22N2O3. The second-order valence-corrected chi connectivity index (χ2v) is 4.27. The molecule has 0 aliphatic heterocycles. The molecular weight excluding hydrogens is 244 g/mol. The lowest BCUT2D eigenvalue weighted by molar-refractivity contribution is -0.123. The van der Waals surface area contributed by atoms with E-state index in [0.717, 1.165) is 12.8 Å². The summed E-state index contributed by atoms with van der Waals surface area (Å²) in [6, 6.07) is 5.29. The molecule has 0 aliphatic rings. The lowest BCUT2D eigenvalue weighted by atomic mass is 10.2. The molecule has 1 aromatic carbocycles. The summed E-state index contributed by atoms with van der Waals surface area (Å²) in [5.41, 5.74) is 6.25. The number of amides is 1. The highest BCUT2D eigenvalue weighted by molar-refractivity contribution is 5.78. The van der Waals surface area contributed by atoms with E-state index in [1.165, 1.54) is 0 Å². The molecule has 0 aromatic heterocycles. The molecule has 0 radical (unpaired) electrons. The Morgan fingerprint density at radius 2 is 2.05 bits per heavy atom. The average molecular weight is 266 g/mol. The van der Waals surface area contributed by atoms with E-state index in [4.69, 9.17) is 15.2 Å². The van der Waals surface area contributed by atoms with E-state index < -0.39 is 0 Å². The van der Waals surface area contributed by atoms with Gasteiger partial charge in [0.1, 0.15) is 11.5 Å². The summed E-state index contributed by atoms with van der Waals surface area (Å²) in [7, 11) is 1.56. The average Bonchev–Trinajstić information content (AvgIpc) is 2.43. The summed E-state index contributed by atoms with van der Waals surface area (Å²) < 4.78 is 10.5. The molecule has 0 spiro atoms. The summed E-state index contributed by atoms with van der Waals surface area (Å²) in [6.07, 6.45) is 1.81. The standard InChI is InChI=1S/C14H22N2O3/c1-4-10(5-2)16-14(17)9-19-13-8-11(18-3)6-7-12(13)15/h6-8,10H,4-5,9,15H2,1-3H3,(H,16,17). The first-order valence-corrected chi connectivity index (χ1v) is 6.46. The van der Waals surface area contributed by atoms with Crippen LogP contribution in [0.1, 0.15) is 26.7 Å². The summed E-state index contributed by atoms with van der Waals surface area (Å²) in [5, 5.41) is 2.90. The summed E-state index contributed by atoms with van der Waals surface area (Å²) in [4.78, 5) is 11.7. The number of methoxy groups -OCH3 is 1. The molecule has 0 saturated heterocycles. The first-order valence-electron chi connectivity index (χ1n) is 6.46. The van der Waals surface area contributed by atoms with E-state index in [1.807, 2.05) is 13.8 Å². The van der Waals surface area contributed by atoms with Gasteiger partial charge in [0.25, 0.3) is 5.91 Å². The molecule has 1 rings (SSSR count). The van der Waals surface area contributed by atoms with Crippen LogP contribution < -0.4 is 20.5 Å². The number of ether oxygens (including phenoxy) is 2. The van der Waals surface area contributed by atoms with Gasteiger partial charge in [0.15, 0.2) is 6.61 Å². The van der Waals surface area contributed by atoms with Crippen LogP contribution in [0.5, 0.6) is 11.5 Å². The quantitative estimate of drug-likeness (QED) is 0.740. The molecule has 1 amide bonds. The van der Waals surface area contributed by atoms with E-state index in [1.54, 1.807) is 25.3 Å². The Morgan fingerprint density at radius 3 is 2.63 bits per heavy atom. The Balaban J connectivity index is 2.54. The maximum absolute atomic E-state index is 11.7. The maximum Gasteiger partial charge on any atom is 0.258 e. The number of benzene rings is 1. The topological polar surface area (TPSA) is 73.6 Å². The Kier molecular flexibility index (Phi) is 5.99. The van der Waals surface area contributed by atoms with Gasteiger partial charge in [0, 0.05) is 12.1 Å². The van der Waals surface area contributed by atoms with Gasteiger partial charge in [-0.05, 0) is 25.0 Å². The zero-order valence-electron chi connectivity index (χ0n) is 11.7. The molecule has 5 nitrogen and oxygen atoms in total. The van der Waals surface area contributed by atoms with Crippen LogP contribution in [0.3, 0.4) is 0 Å². The summed E-state index contributed by atoms with van der Waals surface area (Å²) in [6.45, 7) is 4.03. The van der Waals surface area contributed by atoms with Crippen LogP contribution >= 0.6 is 0 Å². The smallest absolute Gasteiger partial charge is 0.258 e. The van der Waals surface area contributed by atoms with Gasteiger partial charge in [0.05, 0.1) is 12.8 Å². The first-order chi connectivity index (χ1) is 9.10. The highest BCUT2D eigenvalue weighted by Gasteiger charge is 2.10. The van der Waals surface area contributed by atoms with Crippen molar-refractivity contribution in [2.75, 3.05) is 19.5 Å². The maximum atomic E-state index is 11.7. The number of rotatable bonds is 7. The third-order valence-electron chi connectivity index (χ3n) is 2.93. The van der Waals surface area contributed by atoms with Crippen molar-refractivity contribution in [1.29, 1.82) is 0 Å². The molecule has 0 heterocycles. The molecule has 0 fully saturated rings. The van der Waals surface area contributed by atoms with Crippen molar-refractivity contribution < 1.29 is 14.3 Å². The minimum atomic E-state index is -0.143. The number of nitrogens with two attached hydrogens (primary N) is 1. The number of hydrogen-bond acceptors (Lipinski definition) is 4. The van der Waals surface area contributed by atoms with Gasteiger partial charge in [-0.1, -0.05) is 13.8 Å². The molecule has 106 valence electrons. The Morgan fingerprint density at radius 1 is 1.37 bits per heavy atom. The Labute approximate surface area is 114 Å². The van der Waals surface area contributed by atoms with Gasteiger partial charge in [-0.25, -0.2) is 0 Å². The molecule has 3 N–H and O–H groups in total. The van der Waals surface area contributed by atoms with Gasteiger partial charge >= 0.3 is 0 Å². The number of carbonyl (C=O) groups excluding carboxylic acids is 1. The van der Waals surface area contributed by atoms with Crippen molar-refractivity contribution in [3.63, 3.8) is 0 Å². The number of nitrogens with one attached hydrogen (secondary N) is 1. The number of hydrogen-bond donors (Lipinski definition) is 2.